The third-order valence-corrected chi connectivity index (χ3v) is 4.01. The summed E-state index contributed by atoms with van der Waals surface area (Å²) in [6.45, 7) is 0. The van der Waals surface area contributed by atoms with Crippen molar-refractivity contribution in [3.05, 3.63) is 71.8 Å². The van der Waals surface area contributed by atoms with Crippen molar-refractivity contribution < 1.29 is 19.1 Å². The fourth-order valence-corrected chi connectivity index (χ4v) is 2.61. The van der Waals surface area contributed by atoms with Gasteiger partial charge >= 0.3 is 11.9 Å². The Morgan fingerprint density at radius 2 is 1.52 bits per heavy atom. The summed E-state index contributed by atoms with van der Waals surface area (Å²) in [6.07, 6.45) is 3.41. The van der Waals surface area contributed by atoms with E-state index in [4.69, 9.17) is 4.74 Å². The third kappa shape index (κ3) is 6.42. The Kier molecular flexibility index (Phi) is 7.70. The maximum Gasteiger partial charge on any atom is 0.338 e. The highest BCUT2D eigenvalue weighted by atomic mass is 16.5. The van der Waals surface area contributed by atoms with Crippen LogP contribution in [-0.2, 0) is 14.3 Å². The first-order chi connectivity index (χ1) is 12.2. The SMILES string of the molecule is COC(=O)CCCCCC(OC(=O)c1ccccc1)c1ccccc1. The van der Waals surface area contributed by atoms with Crippen molar-refractivity contribution in [1.29, 1.82) is 0 Å². The van der Waals surface area contributed by atoms with Crippen LogP contribution in [0.4, 0.5) is 0 Å². The van der Waals surface area contributed by atoms with Gasteiger partial charge in [-0.15, -0.1) is 0 Å². The minimum atomic E-state index is -0.316. The summed E-state index contributed by atoms with van der Waals surface area (Å²) < 4.78 is 10.4. The number of methoxy groups -OCH3 is 1. The molecule has 0 spiro atoms. The number of esters is 2. The fourth-order valence-electron chi connectivity index (χ4n) is 2.61. The lowest BCUT2D eigenvalue weighted by molar-refractivity contribution is -0.140. The molecule has 4 heteroatoms. The van der Waals surface area contributed by atoms with Crippen LogP contribution in [0.25, 0.3) is 0 Å². The summed E-state index contributed by atoms with van der Waals surface area (Å²) >= 11 is 0. The van der Waals surface area contributed by atoms with Crippen molar-refractivity contribution in [1.82, 2.24) is 0 Å². The first-order valence-corrected chi connectivity index (χ1v) is 8.58. The van der Waals surface area contributed by atoms with Gasteiger partial charge in [-0.3, -0.25) is 4.79 Å². The van der Waals surface area contributed by atoms with Crippen molar-refractivity contribution in [2.75, 3.05) is 7.11 Å². The molecule has 0 N–H and O–H groups in total. The molecule has 1 atom stereocenters. The van der Waals surface area contributed by atoms with E-state index in [2.05, 4.69) is 4.74 Å². The van der Waals surface area contributed by atoms with Crippen LogP contribution in [0.5, 0.6) is 0 Å². The minimum Gasteiger partial charge on any atom is -0.469 e. The van der Waals surface area contributed by atoms with Crippen LogP contribution >= 0.6 is 0 Å². The van der Waals surface area contributed by atoms with Crippen LogP contribution in [-0.4, -0.2) is 19.0 Å². The third-order valence-electron chi connectivity index (χ3n) is 4.01. The topological polar surface area (TPSA) is 52.6 Å². The number of rotatable bonds is 9. The predicted octanol–water partition coefficient (Wildman–Crippen LogP) is 4.71. The lowest BCUT2D eigenvalue weighted by Gasteiger charge is -2.18. The second-order valence-electron chi connectivity index (χ2n) is 5.85. The molecule has 2 aromatic carbocycles. The van der Waals surface area contributed by atoms with Gasteiger partial charge in [-0.05, 0) is 37.0 Å². The van der Waals surface area contributed by atoms with Crippen molar-refractivity contribution in [3.63, 3.8) is 0 Å². The summed E-state index contributed by atoms with van der Waals surface area (Å²) in [7, 11) is 1.40. The number of carbonyl (C=O) groups excluding carboxylic acids is 2. The summed E-state index contributed by atoms with van der Waals surface area (Å²) in [5.74, 6) is -0.501. The van der Waals surface area contributed by atoms with E-state index in [1.165, 1.54) is 7.11 Å². The number of hydrogen-bond donors (Lipinski definition) is 0. The van der Waals surface area contributed by atoms with Gasteiger partial charge in [0.2, 0.25) is 0 Å². The lowest BCUT2D eigenvalue weighted by Crippen LogP contribution is -2.12. The molecule has 0 amide bonds. The highest BCUT2D eigenvalue weighted by Crippen LogP contribution is 2.25. The van der Waals surface area contributed by atoms with Crippen molar-refractivity contribution in [2.45, 2.75) is 38.2 Å². The molecule has 0 radical (unpaired) electrons. The quantitative estimate of drug-likeness (QED) is 0.490. The van der Waals surface area contributed by atoms with Crippen molar-refractivity contribution in [3.8, 4) is 0 Å². The van der Waals surface area contributed by atoms with Gasteiger partial charge in [-0.2, -0.15) is 0 Å². The Balaban J connectivity index is 1.92. The number of ether oxygens (including phenoxy) is 2. The average molecular weight is 340 g/mol. The van der Waals surface area contributed by atoms with Gasteiger partial charge in [-0.1, -0.05) is 55.0 Å². The van der Waals surface area contributed by atoms with Crippen LogP contribution in [0.1, 0.15) is 54.1 Å². The molecule has 1 unspecified atom stereocenters. The van der Waals surface area contributed by atoms with Crippen LogP contribution in [0, 0.1) is 0 Å². The maximum atomic E-state index is 12.4. The second kappa shape index (κ2) is 10.3. The van der Waals surface area contributed by atoms with Gasteiger partial charge in [0.15, 0.2) is 0 Å². The maximum absolute atomic E-state index is 12.4. The predicted molar refractivity (Wildman–Crippen MR) is 96.1 cm³/mol. The molecule has 0 aliphatic carbocycles. The molecular formula is C21H24O4. The van der Waals surface area contributed by atoms with E-state index in [9.17, 15) is 9.59 Å². The lowest BCUT2D eigenvalue weighted by atomic mass is 10.0. The van der Waals surface area contributed by atoms with E-state index in [0.717, 1.165) is 31.2 Å². The smallest absolute Gasteiger partial charge is 0.338 e. The van der Waals surface area contributed by atoms with Gasteiger partial charge in [-0.25, -0.2) is 4.79 Å². The Morgan fingerprint density at radius 1 is 0.880 bits per heavy atom. The van der Waals surface area contributed by atoms with E-state index in [1.807, 2.05) is 48.5 Å². The zero-order valence-electron chi connectivity index (χ0n) is 14.5. The minimum absolute atomic E-state index is 0.185. The van der Waals surface area contributed by atoms with Gasteiger partial charge in [0.1, 0.15) is 6.10 Å². The zero-order chi connectivity index (χ0) is 17.9. The summed E-state index contributed by atoms with van der Waals surface area (Å²) in [5.41, 5.74) is 1.54. The van der Waals surface area contributed by atoms with Gasteiger partial charge in [0.25, 0.3) is 0 Å². The first kappa shape index (κ1) is 18.7. The van der Waals surface area contributed by atoms with E-state index in [1.54, 1.807) is 12.1 Å². The van der Waals surface area contributed by atoms with Gasteiger partial charge in [0, 0.05) is 6.42 Å². The Bertz CT molecular complexity index is 652. The molecule has 2 rings (SSSR count). The van der Waals surface area contributed by atoms with Crippen LogP contribution in [0.15, 0.2) is 60.7 Å². The van der Waals surface area contributed by atoms with Crippen LogP contribution < -0.4 is 0 Å². The average Bonchev–Trinajstić information content (AvgIpc) is 2.67. The Labute approximate surface area is 148 Å². The molecular weight excluding hydrogens is 316 g/mol. The molecule has 0 aliphatic heterocycles. The zero-order valence-corrected chi connectivity index (χ0v) is 14.5. The Morgan fingerprint density at radius 3 is 2.16 bits per heavy atom. The van der Waals surface area contributed by atoms with Crippen LogP contribution in [0.2, 0.25) is 0 Å². The first-order valence-electron chi connectivity index (χ1n) is 8.58. The normalized spacial score (nSPS) is 11.6. The summed E-state index contributed by atoms with van der Waals surface area (Å²) in [4.78, 5) is 23.5. The van der Waals surface area contributed by atoms with E-state index in [-0.39, 0.29) is 18.0 Å². The monoisotopic (exact) mass is 340 g/mol. The molecule has 132 valence electrons. The molecule has 0 aromatic heterocycles. The summed E-state index contributed by atoms with van der Waals surface area (Å²) in [6, 6.07) is 18.8. The fraction of sp³-hybridized carbons (Fsp3) is 0.333. The van der Waals surface area contributed by atoms with Gasteiger partial charge in [0.05, 0.1) is 12.7 Å². The molecule has 0 saturated carbocycles. The number of hydrogen-bond acceptors (Lipinski definition) is 4. The van der Waals surface area contributed by atoms with E-state index in [0.29, 0.717) is 12.0 Å². The van der Waals surface area contributed by atoms with Crippen LogP contribution in [0.3, 0.4) is 0 Å². The largest absolute Gasteiger partial charge is 0.469 e. The van der Waals surface area contributed by atoms with Gasteiger partial charge < -0.3 is 9.47 Å². The highest BCUT2D eigenvalue weighted by Gasteiger charge is 2.17. The standard InChI is InChI=1S/C21H24O4/c1-24-20(22)16-10-4-9-15-19(17-11-5-2-6-12-17)25-21(23)18-13-7-3-8-14-18/h2-3,5-8,11-14,19H,4,9-10,15-16H2,1H3. The van der Waals surface area contributed by atoms with E-state index >= 15 is 0 Å². The summed E-state index contributed by atoms with van der Waals surface area (Å²) in [5, 5.41) is 0. The molecule has 4 nitrogen and oxygen atoms in total. The Hall–Kier alpha value is -2.62. The number of carbonyl (C=O) groups is 2. The van der Waals surface area contributed by atoms with Crippen molar-refractivity contribution in [2.24, 2.45) is 0 Å². The molecule has 0 fully saturated rings. The number of unbranched alkanes of at least 4 members (excludes halogenated alkanes) is 2. The van der Waals surface area contributed by atoms with Crippen molar-refractivity contribution >= 4 is 11.9 Å². The molecule has 0 saturated heterocycles. The molecule has 0 heterocycles. The molecule has 2 aromatic rings. The molecule has 25 heavy (non-hydrogen) atoms. The number of benzene rings is 2. The molecule has 0 aliphatic rings. The second-order valence-corrected chi connectivity index (χ2v) is 5.85. The van der Waals surface area contributed by atoms with E-state index < -0.39 is 0 Å². The molecule has 0 bridgehead atoms. The highest BCUT2D eigenvalue weighted by molar-refractivity contribution is 5.89.